The topological polar surface area (TPSA) is 55.6 Å². The van der Waals surface area contributed by atoms with Crippen LogP contribution in [0.5, 0.6) is 0 Å². The van der Waals surface area contributed by atoms with E-state index in [0.717, 1.165) is 19.3 Å². The molecule has 1 amide bonds. The van der Waals surface area contributed by atoms with Crippen molar-refractivity contribution in [1.82, 2.24) is 4.90 Å². The zero-order chi connectivity index (χ0) is 16.7. The van der Waals surface area contributed by atoms with Gasteiger partial charge in [-0.1, -0.05) is 25.1 Å². The van der Waals surface area contributed by atoms with Crippen LogP contribution in [0.2, 0.25) is 0 Å². The summed E-state index contributed by atoms with van der Waals surface area (Å²) in [5, 5.41) is 0. The molecule has 0 aliphatic carbocycles. The van der Waals surface area contributed by atoms with Crippen molar-refractivity contribution >= 4 is 5.91 Å². The highest BCUT2D eigenvalue weighted by molar-refractivity contribution is 5.78. The molecule has 1 unspecified atom stereocenters. The standard InChI is InChI=1S/C18H27FN2O2/c1-14(13-15-5-2-3-6-17(15)19)18(22)21-10-7-16(8-11-21)23-12-4-9-20/h2-3,5-6,14,16H,4,7-13,20H2,1H3. The fourth-order valence-electron chi connectivity index (χ4n) is 2.97. The normalized spacial score (nSPS) is 17.3. The van der Waals surface area contributed by atoms with Crippen LogP contribution in [0.15, 0.2) is 24.3 Å². The smallest absolute Gasteiger partial charge is 0.225 e. The third-order valence-corrected chi connectivity index (χ3v) is 4.36. The second-order valence-corrected chi connectivity index (χ2v) is 6.23. The van der Waals surface area contributed by atoms with Gasteiger partial charge in [0.15, 0.2) is 0 Å². The van der Waals surface area contributed by atoms with Crippen LogP contribution >= 0.6 is 0 Å². The predicted molar refractivity (Wildman–Crippen MR) is 88.5 cm³/mol. The summed E-state index contributed by atoms with van der Waals surface area (Å²) in [6, 6.07) is 6.66. The summed E-state index contributed by atoms with van der Waals surface area (Å²) in [5.74, 6) is -0.338. The van der Waals surface area contributed by atoms with E-state index in [4.69, 9.17) is 10.5 Å². The molecule has 1 aliphatic rings. The van der Waals surface area contributed by atoms with Crippen molar-refractivity contribution in [2.24, 2.45) is 11.7 Å². The molecule has 1 aromatic carbocycles. The van der Waals surface area contributed by atoms with Crippen LogP contribution in [0, 0.1) is 11.7 Å². The van der Waals surface area contributed by atoms with Gasteiger partial charge >= 0.3 is 0 Å². The van der Waals surface area contributed by atoms with Crippen molar-refractivity contribution in [3.05, 3.63) is 35.6 Å². The first-order chi connectivity index (χ1) is 11.1. The fourth-order valence-corrected chi connectivity index (χ4v) is 2.97. The lowest BCUT2D eigenvalue weighted by Crippen LogP contribution is -2.43. The van der Waals surface area contributed by atoms with Crippen molar-refractivity contribution in [2.75, 3.05) is 26.2 Å². The maximum Gasteiger partial charge on any atom is 0.225 e. The molecule has 0 radical (unpaired) electrons. The number of amides is 1. The van der Waals surface area contributed by atoms with E-state index in [1.165, 1.54) is 6.07 Å². The van der Waals surface area contributed by atoms with Crippen LogP contribution in [0.1, 0.15) is 31.7 Å². The maximum atomic E-state index is 13.7. The quantitative estimate of drug-likeness (QED) is 0.784. The number of benzene rings is 1. The molecule has 1 atom stereocenters. The molecule has 0 aromatic heterocycles. The SMILES string of the molecule is CC(Cc1ccccc1F)C(=O)N1CCC(OCCCN)CC1. The summed E-state index contributed by atoms with van der Waals surface area (Å²) in [6.45, 7) is 4.64. The van der Waals surface area contributed by atoms with Crippen LogP contribution in [-0.4, -0.2) is 43.2 Å². The van der Waals surface area contributed by atoms with Crippen molar-refractivity contribution in [3.63, 3.8) is 0 Å². The zero-order valence-corrected chi connectivity index (χ0v) is 13.8. The van der Waals surface area contributed by atoms with E-state index in [0.29, 0.717) is 38.2 Å². The number of hydrogen-bond donors (Lipinski definition) is 1. The van der Waals surface area contributed by atoms with Crippen molar-refractivity contribution in [2.45, 2.75) is 38.7 Å². The molecule has 1 aromatic rings. The first kappa shape index (κ1) is 17.9. The molecule has 4 nitrogen and oxygen atoms in total. The van der Waals surface area contributed by atoms with E-state index in [1.54, 1.807) is 18.2 Å². The zero-order valence-electron chi connectivity index (χ0n) is 13.8. The summed E-state index contributed by atoms with van der Waals surface area (Å²) in [4.78, 5) is 14.4. The monoisotopic (exact) mass is 322 g/mol. The lowest BCUT2D eigenvalue weighted by molar-refractivity contribution is -0.137. The molecule has 0 saturated carbocycles. The van der Waals surface area contributed by atoms with Gasteiger partial charge in [-0.25, -0.2) is 4.39 Å². The van der Waals surface area contributed by atoms with Gasteiger partial charge in [-0.05, 0) is 43.9 Å². The number of rotatable bonds is 7. The van der Waals surface area contributed by atoms with Crippen LogP contribution < -0.4 is 5.73 Å². The minimum absolute atomic E-state index is 0.105. The first-order valence-electron chi connectivity index (χ1n) is 8.45. The third-order valence-electron chi connectivity index (χ3n) is 4.36. The summed E-state index contributed by atoms with van der Waals surface area (Å²) in [6.07, 6.45) is 3.27. The van der Waals surface area contributed by atoms with E-state index in [-0.39, 0.29) is 23.7 Å². The molecule has 2 N–H and O–H groups in total. The molecule has 0 spiro atoms. The highest BCUT2D eigenvalue weighted by atomic mass is 19.1. The summed E-state index contributed by atoms with van der Waals surface area (Å²) in [7, 11) is 0. The number of nitrogens with two attached hydrogens (primary N) is 1. The van der Waals surface area contributed by atoms with E-state index in [9.17, 15) is 9.18 Å². The van der Waals surface area contributed by atoms with E-state index in [1.807, 2.05) is 11.8 Å². The van der Waals surface area contributed by atoms with Gasteiger partial charge in [-0.3, -0.25) is 4.79 Å². The number of halogens is 1. The van der Waals surface area contributed by atoms with Gasteiger partial charge in [0, 0.05) is 25.6 Å². The van der Waals surface area contributed by atoms with E-state index >= 15 is 0 Å². The molecular formula is C18H27FN2O2. The molecule has 2 rings (SSSR count). The molecule has 23 heavy (non-hydrogen) atoms. The van der Waals surface area contributed by atoms with Gasteiger partial charge in [0.05, 0.1) is 6.10 Å². The van der Waals surface area contributed by atoms with Crippen molar-refractivity contribution in [1.29, 1.82) is 0 Å². The Morgan fingerprint density at radius 2 is 2.09 bits per heavy atom. The van der Waals surface area contributed by atoms with Gasteiger partial charge in [0.2, 0.25) is 5.91 Å². The summed E-state index contributed by atoms with van der Waals surface area (Å²) >= 11 is 0. The Hall–Kier alpha value is -1.46. The highest BCUT2D eigenvalue weighted by Gasteiger charge is 2.26. The van der Waals surface area contributed by atoms with Crippen LogP contribution in [-0.2, 0) is 16.0 Å². The second-order valence-electron chi connectivity index (χ2n) is 6.23. The fraction of sp³-hybridized carbons (Fsp3) is 0.611. The van der Waals surface area contributed by atoms with Crippen molar-refractivity contribution < 1.29 is 13.9 Å². The Labute approximate surface area is 137 Å². The number of piperidine rings is 1. The number of carbonyl (C=O) groups is 1. The Morgan fingerprint density at radius 3 is 2.74 bits per heavy atom. The Morgan fingerprint density at radius 1 is 1.39 bits per heavy atom. The number of carbonyl (C=O) groups excluding carboxylic acids is 1. The molecule has 5 heteroatoms. The third kappa shape index (κ3) is 5.29. The van der Waals surface area contributed by atoms with Gasteiger partial charge in [0.25, 0.3) is 0 Å². The molecule has 0 bridgehead atoms. The minimum Gasteiger partial charge on any atom is -0.378 e. The molecule has 1 aliphatic heterocycles. The van der Waals surface area contributed by atoms with Crippen LogP contribution in [0.4, 0.5) is 4.39 Å². The molecule has 128 valence electrons. The lowest BCUT2D eigenvalue weighted by atomic mass is 9.98. The van der Waals surface area contributed by atoms with Crippen molar-refractivity contribution in [3.8, 4) is 0 Å². The largest absolute Gasteiger partial charge is 0.378 e. The van der Waals surface area contributed by atoms with E-state index in [2.05, 4.69) is 0 Å². The first-order valence-corrected chi connectivity index (χ1v) is 8.45. The van der Waals surface area contributed by atoms with E-state index < -0.39 is 0 Å². The van der Waals surface area contributed by atoms with Gasteiger partial charge in [-0.15, -0.1) is 0 Å². The van der Waals surface area contributed by atoms with Gasteiger partial charge < -0.3 is 15.4 Å². The summed E-state index contributed by atoms with van der Waals surface area (Å²) < 4.78 is 19.5. The average Bonchev–Trinajstić information content (AvgIpc) is 2.57. The number of ether oxygens (including phenoxy) is 1. The minimum atomic E-state index is -0.237. The second kappa shape index (κ2) is 8.99. The van der Waals surface area contributed by atoms with Crippen LogP contribution in [0.3, 0.4) is 0 Å². The molecule has 1 saturated heterocycles. The Bertz CT molecular complexity index is 502. The highest BCUT2D eigenvalue weighted by Crippen LogP contribution is 2.19. The molecular weight excluding hydrogens is 295 g/mol. The molecule has 1 heterocycles. The average molecular weight is 322 g/mol. The Balaban J connectivity index is 1.79. The van der Waals surface area contributed by atoms with Gasteiger partial charge in [-0.2, -0.15) is 0 Å². The Kier molecular flexibility index (Phi) is 6.99. The number of hydrogen-bond acceptors (Lipinski definition) is 3. The molecule has 1 fully saturated rings. The number of nitrogens with zero attached hydrogens (tertiary/aromatic N) is 1. The lowest BCUT2D eigenvalue weighted by Gasteiger charge is -2.33. The maximum absolute atomic E-state index is 13.7. The van der Waals surface area contributed by atoms with Gasteiger partial charge in [0.1, 0.15) is 5.82 Å². The summed E-state index contributed by atoms with van der Waals surface area (Å²) in [5.41, 5.74) is 6.06. The predicted octanol–water partition coefficient (Wildman–Crippen LogP) is 2.36. The number of likely N-dealkylation sites (tertiary alicyclic amines) is 1. The van der Waals surface area contributed by atoms with Crippen LogP contribution in [0.25, 0.3) is 0 Å².